The highest BCUT2D eigenvalue weighted by Gasteiger charge is 2.54. The van der Waals surface area contributed by atoms with Gasteiger partial charge in [0.15, 0.2) is 9.84 Å². The number of hydrogen-bond donors (Lipinski definition) is 0. The van der Waals surface area contributed by atoms with Gasteiger partial charge in [-0.05, 0) is 18.8 Å². The molecule has 1 aliphatic carbocycles. The summed E-state index contributed by atoms with van der Waals surface area (Å²) in [4.78, 5) is 10.8. The quantitative estimate of drug-likeness (QED) is 0.589. The molecule has 0 radical (unpaired) electrons. The Morgan fingerprint density at radius 1 is 1.25 bits per heavy atom. The van der Waals surface area contributed by atoms with Crippen molar-refractivity contribution in [2.45, 2.75) is 19.3 Å². The van der Waals surface area contributed by atoms with Crippen molar-refractivity contribution in [1.82, 2.24) is 0 Å². The van der Waals surface area contributed by atoms with Crippen molar-refractivity contribution in [2.24, 2.45) is 11.3 Å². The van der Waals surface area contributed by atoms with Crippen molar-refractivity contribution in [3.8, 4) is 0 Å². The lowest BCUT2D eigenvalue weighted by atomic mass is 9.67. The largest absolute Gasteiger partial charge is 0.303 e. The van der Waals surface area contributed by atoms with E-state index in [1.54, 1.807) is 0 Å². The molecule has 1 saturated heterocycles. The molecule has 0 atom stereocenters. The zero-order valence-electron chi connectivity index (χ0n) is 6.82. The molecular weight excluding hydrogens is 176 g/mol. The van der Waals surface area contributed by atoms with E-state index < -0.39 is 15.3 Å². The minimum Gasteiger partial charge on any atom is -0.303 e. The summed E-state index contributed by atoms with van der Waals surface area (Å²) < 4.78 is 21.9. The molecule has 0 spiro atoms. The van der Waals surface area contributed by atoms with Crippen molar-refractivity contribution in [1.29, 1.82) is 0 Å². The molecule has 0 unspecified atom stereocenters. The monoisotopic (exact) mass is 188 g/mol. The van der Waals surface area contributed by atoms with Crippen LogP contribution in [-0.2, 0) is 14.6 Å². The summed E-state index contributed by atoms with van der Waals surface area (Å²) in [5.74, 6) is 0.570. The average molecular weight is 188 g/mol. The smallest absolute Gasteiger partial charge is 0.152 e. The molecule has 2 rings (SSSR count). The molecule has 2 fully saturated rings. The molecular formula is C8H12O3S. The first kappa shape index (κ1) is 8.23. The van der Waals surface area contributed by atoms with Crippen LogP contribution in [0.5, 0.6) is 0 Å². The summed E-state index contributed by atoms with van der Waals surface area (Å²) in [7, 11) is -2.85. The van der Waals surface area contributed by atoms with Gasteiger partial charge in [-0.1, -0.05) is 6.42 Å². The number of aldehydes is 1. The first-order chi connectivity index (χ1) is 5.58. The van der Waals surface area contributed by atoms with Crippen LogP contribution in [0.25, 0.3) is 0 Å². The molecule has 2 aliphatic rings. The van der Waals surface area contributed by atoms with E-state index >= 15 is 0 Å². The number of hydrogen-bond acceptors (Lipinski definition) is 3. The second kappa shape index (κ2) is 2.31. The third-order valence-electron chi connectivity index (χ3n) is 3.13. The van der Waals surface area contributed by atoms with Gasteiger partial charge >= 0.3 is 0 Å². The molecule has 4 heteroatoms. The summed E-state index contributed by atoms with van der Waals surface area (Å²) in [5.41, 5.74) is -0.475. The van der Waals surface area contributed by atoms with E-state index in [-0.39, 0.29) is 11.5 Å². The Hall–Kier alpha value is -0.380. The van der Waals surface area contributed by atoms with Crippen molar-refractivity contribution in [2.75, 3.05) is 11.5 Å². The molecule has 0 bridgehead atoms. The van der Waals surface area contributed by atoms with Crippen LogP contribution in [0.2, 0.25) is 0 Å². The van der Waals surface area contributed by atoms with Gasteiger partial charge in [-0.2, -0.15) is 0 Å². The summed E-state index contributed by atoms with van der Waals surface area (Å²) in [6.07, 6.45) is 4.10. The Labute approximate surface area is 72.1 Å². The summed E-state index contributed by atoms with van der Waals surface area (Å²) in [6, 6.07) is 0. The van der Waals surface area contributed by atoms with Gasteiger partial charge < -0.3 is 4.79 Å². The molecule has 12 heavy (non-hydrogen) atoms. The van der Waals surface area contributed by atoms with Gasteiger partial charge in [0.05, 0.1) is 16.9 Å². The van der Waals surface area contributed by atoms with Gasteiger partial charge in [0.2, 0.25) is 0 Å². The second-order valence-corrected chi connectivity index (χ2v) is 6.08. The van der Waals surface area contributed by atoms with Gasteiger partial charge in [0.25, 0.3) is 0 Å². The first-order valence-corrected chi connectivity index (χ1v) is 6.07. The maximum absolute atomic E-state index is 10.9. The summed E-state index contributed by atoms with van der Waals surface area (Å²) in [6.45, 7) is 0. The van der Waals surface area contributed by atoms with E-state index in [0.717, 1.165) is 25.5 Å². The first-order valence-electron chi connectivity index (χ1n) is 4.25. The van der Waals surface area contributed by atoms with Crippen molar-refractivity contribution < 1.29 is 13.2 Å². The highest BCUT2D eigenvalue weighted by Crippen LogP contribution is 2.47. The number of rotatable bonds is 2. The predicted molar refractivity (Wildman–Crippen MR) is 44.5 cm³/mol. The maximum Gasteiger partial charge on any atom is 0.152 e. The van der Waals surface area contributed by atoms with Crippen LogP contribution in [-0.4, -0.2) is 26.2 Å². The minimum atomic E-state index is -2.85. The van der Waals surface area contributed by atoms with Crippen LogP contribution in [0.3, 0.4) is 0 Å². The van der Waals surface area contributed by atoms with Gasteiger partial charge in [0.1, 0.15) is 6.29 Å². The zero-order valence-corrected chi connectivity index (χ0v) is 7.64. The van der Waals surface area contributed by atoms with Gasteiger partial charge in [-0.25, -0.2) is 8.42 Å². The second-order valence-electron chi connectivity index (χ2n) is 4.01. The Kier molecular flexibility index (Phi) is 1.59. The third-order valence-corrected chi connectivity index (χ3v) is 5.08. The molecule has 0 aromatic rings. The molecule has 68 valence electrons. The molecule has 0 aromatic carbocycles. The maximum atomic E-state index is 10.9. The molecule has 0 N–H and O–H groups in total. The average Bonchev–Trinajstić information content (AvgIpc) is 1.78. The van der Waals surface area contributed by atoms with E-state index in [0.29, 0.717) is 5.92 Å². The lowest BCUT2D eigenvalue weighted by Crippen LogP contribution is -2.56. The fourth-order valence-electron chi connectivity index (χ4n) is 2.16. The van der Waals surface area contributed by atoms with E-state index in [9.17, 15) is 13.2 Å². The molecule has 0 amide bonds. The molecule has 1 heterocycles. The number of sulfone groups is 1. The highest BCUT2D eigenvalue weighted by molar-refractivity contribution is 7.93. The Morgan fingerprint density at radius 2 is 1.83 bits per heavy atom. The summed E-state index contributed by atoms with van der Waals surface area (Å²) in [5, 5.41) is 0. The highest BCUT2D eigenvalue weighted by atomic mass is 32.2. The predicted octanol–water partition coefficient (Wildman–Crippen LogP) is 0.400. The van der Waals surface area contributed by atoms with E-state index in [1.165, 1.54) is 0 Å². The molecule has 0 aromatic heterocycles. The van der Waals surface area contributed by atoms with Crippen LogP contribution in [0.1, 0.15) is 19.3 Å². The lowest BCUT2D eigenvalue weighted by molar-refractivity contribution is -0.119. The Morgan fingerprint density at radius 3 is 2.08 bits per heavy atom. The SMILES string of the molecule is O=CC1(C2CCC2)CS(=O)(=O)C1. The van der Waals surface area contributed by atoms with Crippen LogP contribution in [0, 0.1) is 11.3 Å². The van der Waals surface area contributed by atoms with E-state index in [2.05, 4.69) is 0 Å². The Bertz CT molecular complexity index is 288. The fourth-order valence-corrected chi connectivity index (χ4v) is 4.32. The van der Waals surface area contributed by atoms with Gasteiger partial charge in [-0.15, -0.1) is 0 Å². The lowest BCUT2D eigenvalue weighted by Gasteiger charge is -2.46. The van der Waals surface area contributed by atoms with E-state index in [4.69, 9.17) is 0 Å². The minimum absolute atomic E-state index is 0.105. The van der Waals surface area contributed by atoms with Crippen molar-refractivity contribution in [3.63, 3.8) is 0 Å². The van der Waals surface area contributed by atoms with Crippen molar-refractivity contribution in [3.05, 3.63) is 0 Å². The Balaban J connectivity index is 2.13. The van der Waals surface area contributed by atoms with E-state index in [1.807, 2.05) is 0 Å². The topological polar surface area (TPSA) is 51.2 Å². The van der Waals surface area contributed by atoms with Gasteiger partial charge in [0, 0.05) is 0 Å². The fraction of sp³-hybridized carbons (Fsp3) is 0.875. The molecule has 1 aliphatic heterocycles. The standard InChI is InChI=1S/C8H12O3S/c9-4-8(7-2-1-3-7)5-12(10,11)6-8/h4,7H,1-3,5-6H2. The van der Waals surface area contributed by atoms with Crippen LogP contribution < -0.4 is 0 Å². The summed E-state index contributed by atoms with van der Waals surface area (Å²) >= 11 is 0. The zero-order chi connectivity index (χ0) is 8.82. The van der Waals surface area contributed by atoms with Crippen molar-refractivity contribution >= 4 is 16.1 Å². The molecule has 3 nitrogen and oxygen atoms in total. The van der Waals surface area contributed by atoms with Crippen LogP contribution in [0.4, 0.5) is 0 Å². The normalized spacial score (nSPS) is 31.7. The van der Waals surface area contributed by atoms with Crippen LogP contribution in [0.15, 0.2) is 0 Å². The molecule has 1 saturated carbocycles. The number of carbonyl (C=O) groups excluding carboxylic acids is 1. The van der Waals surface area contributed by atoms with Crippen LogP contribution >= 0.6 is 0 Å². The number of carbonyl (C=O) groups is 1. The van der Waals surface area contributed by atoms with Gasteiger partial charge in [-0.3, -0.25) is 0 Å². The third kappa shape index (κ3) is 1.01.